The Balaban J connectivity index is 2.12. The molecule has 2 nitrogen and oxygen atoms in total. The smallest absolute Gasteiger partial charge is 0.116 e. The first-order chi connectivity index (χ1) is 6.64. The van der Waals surface area contributed by atoms with Crippen molar-refractivity contribution in [2.75, 3.05) is 6.54 Å². The third-order valence-electron chi connectivity index (χ3n) is 4.00. The van der Waals surface area contributed by atoms with Crippen molar-refractivity contribution in [1.29, 1.82) is 0 Å². The van der Waals surface area contributed by atoms with Crippen LogP contribution in [-0.4, -0.2) is 6.54 Å². The van der Waals surface area contributed by atoms with E-state index < -0.39 is 0 Å². The Bertz CT molecular complexity index is 360. The Morgan fingerprint density at radius 3 is 2.79 bits per heavy atom. The van der Waals surface area contributed by atoms with Gasteiger partial charge in [0, 0.05) is 23.1 Å². The minimum atomic E-state index is 0.0865. The summed E-state index contributed by atoms with van der Waals surface area (Å²) in [7, 11) is 0. The van der Waals surface area contributed by atoms with Crippen LogP contribution in [-0.2, 0) is 11.0 Å². The van der Waals surface area contributed by atoms with Crippen LogP contribution in [0.2, 0.25) is 0 Å². The Labute approximate surface area is 84.7 Å². The van der Waals surface area contributed by atoms with Gasteiger partial charge in [-0.1, -0.05) is 6.42 Å². The number of nitrogens with one attached hydrogen (secondary N) is 1. The maximum Gasteiger partial charge on any atom is 0.116 e. The van der Waals surface area contributed by atoms with Gasteiger partial charge in [0.2, 0.25) is 0 Å². The van der Waals surface area contributed by atoms with Gasteiger partial charge in [0.1, 0.15) is 5.76 Å². The molecule has 1 aromatic rings. The lowest BCUT2D eigenvalue weighted by Gasteiger charge is -2.48. The molecule has 0 bridgehead atoms. The lowest BCUT2D eigenvalue weighted by Crippen LogP contribution is -2.54. The number of rotatable bonds is 0. The van der Waals surface area contributed by atoms with Crippen molar-refractivity contribution in [1.82, 2.24) is 5.32 Å². The van der Waals surface area contributed by atoms with Crippen molar-refractivity contribution in [3.8, 4) is 0 Å². The van der Waals surface area contributed by atoms with Crippen molar-refractivity contribution in [3.05, 3.63) is 23.7 Å². The highest BCUT2D eigenvalue weighted by Crippen LogP contribution is 2.49. The molecule has 1 aliphatic carbocycles. The molecule has 3 rings (SSSR count). The SMILES string of the molecule is CC1(C)NCC2(CCC2)c2occc21. The van der Waals surface area contributed by atoms with E-state index in [9.17, 15) is 0 Å². The van der Waals surface area contributed by atoms with Gasteiger partial charge in [-0.3, -0.25) is 0 Å². The van der Waals surface area contributed by atoms with E-state index in [1.807, 2.05) is 6.26 Å². The van der Waals surface area contributed by atoms with Crippen LogP contribution in [0, 0.1) is 0 Å². The molecule has 76 valence electrons. The first-order valence-electron chi connectivity index (χ1n) is 5.48. The minimum absolute atomic E-state index is 0.0865. The molecule has 2 heteroatoms. The van der Waals surface area contributed by atoms with Crippen LogP contribution in [0.25, 0.3) is 0 Å². The van der Waals surface area contributed by atoms with Crippen LogP contribution < -0.4 is 5.32 Å². The number of furan rings is 1. The van der Waals surface area contributed by atoms with Gasteiger partial charge in [-0.2, -0.15) is 0 Å². The number of hydrogen-bond acceptors (Lipinski definition) is 2. The van der Waals surface area contributed by atoms with Gasteiger partial charge in [-0.05, 0) is 32.8 Å². The monoisotopic (exact) mass is 191 g/mol. The molecule has 0 unspecified atom stereocenters. The van der Waals surface area contributed by atoms with E-state index in [4.69, 9.17) is 4.42 Å². The maximum atomic E-state index is 5.71. The van der Waals surface area contributed by atoms with E-state index in [0.717, 1.165) is 6.54 Å². The number of fused-ring (bicyclic) bond motifs is 2. The second kappa shape index (κ2) is 2.43. The van der Waals surface area contributed by atoms with Gasteiger partial charge in [-0.25, -0.2) is 0 Å². The third-order valence-corrected chi connectivity index (χ3v) is 4.00. The van der Waals surface area contributed by atoms with Crippen LogP contribution in [0.4, 0.5) is 0 Å². The van der Waals surface area contributed by atoms with Gasteiger partial charge in [-0.15, -0.1) is 0 Å². The molecule has 14 heavy (non-hydrogen) atoms. The molecule has 0 aromatic carbocycles. The molecule has 1 aliphatic heterocycles. The van der Waals surface area contributed by atoms with Gasteiger partial charge in [0.25, 0.3) is 0 Å². The van der Waals surface area contributed by atoms with Gasteiger partial charge in [0.15, 0.2) is 0 Å². The topological polar surface area (TPSA) is 25.2 Å². The lowest BCUT2D eigenvalue weighted by atomic mass is 9.63. The van der Waals surface area contributed by atoms with Gasteiger partial charge < -0.3 is 9.73 Å². The molecule has 1 N–H and O–H groups in total. The zero-order chi connectivity index (χ0) is 9.81. The summed E-state index contributed by atoms with van der Waals surface area (Å²) < 4.78 is 5.71. The molecule has 0 amide bonds. The summed E-state index contributed by atoms with van der Waals surface area (Å²) in [5, 5.41) is 3.63. The lowest BCUT2D eigenvalue weighted by molar-refractivity contribution is 0.148. The maximum absolute atomic E-state index is 5.71. The van der Waals surface area contributed by atoms with E-state index in [1.165, 1.54) is 30.6 Å². The van der Waals surface area contributed by atoms with Crippen molar-refractivity contribution >= 4 is 0 Å². The van der Waals surface area contributed by atoms with Crippen LogP contribution in [0.3, 0.4) is 0 Å². The van der Waals surface area contributed by atoms with Crippen molar-refractivity contribution in [2.24, 2.45) is 0 Å². The molecule has 0 atom stereocenters. The predicted octanol–water partition coefficient (Wildman–Crippen LogP) is 2.54. The van der Waals surface area contributed by atoms with E-state index in [-0.39, 0.29) is 5.54 Å². The van der Waals surface area contributed by atoms with Crippen LogP contribution in [0.1, 0.15) is 44.4 Å². The largest absolute Gasteiger partial charge is 0.468 e. The zero-order valence-corrected chi connectivity index (χ0v) is 8.89. The first-order valence-corrected chi connectivity index (χ1v) is 5.48. The summed E-state index contributed by atoms with van der Waals surface area (Å²) >= 11 is 0. The van der Waals surface area contributed by atoms with E-state index >= 15 is 0 Å². The molecule has 1 aromatic heterocycles. The van der Waals surface area contributed by atoms with E-state index in [2.05, 4.69) is 25.2 Å². The Kier molecular flexibility index (Phi) is 1.48. The molecule has 2 aliphatic rings. The Hall–Kier alpha value is -0.760. The average molecular weight is 191 g/mol. The predicted molar refractivity (Wildman–Crippen MR) is 55.3 cm³/mol. The number of hydrogen-bond donors (Lipinski definition) is 1. The third kappa shape index (κ3) is 0.897. The van der Waals surface area contributed by atoms with Gasteiger partial charge in [0.05, 0.1) is 6.26 Å². The summed E-state index contributed by atoms with van der Waals surface area (Å²) in [6.07, 6.45) is 5.77. The fourth-order valence-corrected chi connectivity index (χ4v) is 2.79. The second-order valence-electron chi connectivity index (χ2n) is 5.28. The van der Waals surface area contributed by atoms with Crippen LogP contribution >= 0.6 is 0 Å². The van der Waals surface area contributed by atoms with E-state index in [1.54, 1.807) is 0 Å². The van der Waals surface area contributed by atoms with Crippen molar-refractivity contribution in [3.63, 3.8) is 0 Å². The molecule has 1 spiro atoms. The summed E-state index contributed by atoms with van der Waals surface area (Å²) in [6.45, 7) is 5.54. The van der Waals surface area contributed by atoms with Crippen molar-refractivity contribution < 1.29 is 4.42 Å². The Morgan fingerprint density at radius 1 is 1.36 bits per heavy atom. The standard InChI is InChI=1S/C12H17NO/c1-11(2)9-4-7-14-10(9)12(8-13-11)5-3-6-12/h4,7,13H,3,5-6,8H2,1-2H3. The molecule has 0 saturated heterocycles. The first kappa shape index (κ1) is 8.54. The quantitative estimate of drug-likeness (QED) is 0.681. The average Bonchev–Trinajstić information content (AvgIpc) is 2.51. The fraction of sp³-hybridized carbons (Fsp3) is 0.667. The molecular weight excluding hydrogens is 174 g/mol. The molecule has 0 radical (unpaired) electrons. The van der Waals surface area contributed by atoms with Gasteiger partial charge >= 0.3 is 0 Å². The fourth-order valence-electron chi connectivity index (χ4n) is 2.79. The summed E-state index contributed by atoms with van der Waals surface area (Å²) in [4.78, 5) is 0. The normalized spacial score (nSPS) is 27.0. The minimum Gasteiger partial charge on any atom is -0.468 e. The van der Waals surface area contributed by atoms with E-state index in [0.29, 0.717) is 5.41 Å². The molecule has 2 heterocycles. The highest BCUT2D eigenvalue weighted by molar-refractivity contribution is 5.36. The zero-order valence-electron chi connectivity index (χ0n) is 8.89. The highest BCUT2D eigenvalue weighted by Gasteiger charge is 2.48. The molecule has 1 fully saturated rings. The highest BCUT2D eigenvalue weighted by atomic mass is 16.3. The summed E-state index contributed by atoms with van der Waals surface area (Å²) in [6, 6.07) is 2.13. The van der Waals surface area contributed by atoms with Crippen LogP contribution in [0.15, 0.2) is 16.7 Å². The van der Waals surface area contributed by atoms with Crippen molar-refractivity contribution in [2.45, 2.75) is 44.1 Å². The summed E-state index contributed by atoms with van der Waals surface area (Å²) in [5.41, 5.74) is 1.79. The molecule has 1 saturated carbocycles. The second-order valence-corrected chi connectivity index (χ2v) is 5.28. The molecular formula is C12H17NO. The Morgan fingerprint density at radius 2 is 2.14 bits per heavy atom. The van der Waals surface area contributed by atoms with Crippen LogP contribution in [0.5, 0.6) is 0 Å². The summed E-state index contributed by atoms with van der Waals surface area (Å²) in [5.74, 6) is 1.26.